The summed E-state index contributed by atoms with van der Waals surface area (Å²) < 4.78 is 24.1. The largest absolute Gasteiger partial charge is 0.374 e. The Hall–Kier alpha value is -0.970. The van der Waals surface area contributed by atoms with Gasteiger partial charge in [0.1, 0.15) is 12.3 Å². The van der Waals surface area contributed by atoms with E-state index in [1.165, 1.54) is 0 Å². The molecule has 1 aliphatic rings. The summed E-state index contributed by atoms with van der Waals surface area (Å²) >= 11 is 0. The van der Waals surface area contributed by atoms with Crippen molar-refractivity contribution in [2.45, 2.75) is 32.1 Å². The molecule has 0 aliphatic carbocycles. The van der Waals surface area contributed by atoms with Gasteiger partial charge < -0.3 is 14.6 Å². The first-order chi connectivity index (χ1) is 8.18. The van der Waals surface area contributed by atoms with Crippen LogP contribution in [0, 0.1) is 5.92 Å². The average molecular weight is 240 g/mol. The fourth-order valence-electron chi connectivity index (χ4n) is 1.87. The molecule has 1 fully saturated rings. The highest BCUT2D eigenvalue weighted by molar-refractivity contribution is 5.13. The molecule has 0 saturated carbocycles. The Balaban J connectivity index is 1.76. The molecule has 94 valence electrons. The third-order valence-electron chi connectivity index (χ3n) is 3.02. The monoisotopic (exact) mass is 240 g/mol. The summed E-state index contributed by atoms with van der Waals surface area (Å²) in [6.45, 7) is 2.22. The highest BCUT2D eigenvalue weighted by Crippen LogP contribution is 2.28. The van der Waals surface area contributed by atoms with Crippen molar-refractivity contribution >= 4 is 0 Å². The number of rotatable bonds is 4. The minimum Gasteiger partial charge on any atom is -0.374 e. The van der Waals surface area contributed by atoms with Crippen LogP contribution < -0.4 is 0 Å². The summed E-state index contributed by atoms with van der Waals surface area (Å²) in [5, 5.41) is 9.34. The Morgan fingerprint density at radius 1 is 1.35 bits per heavy atom. The van der Waals surface area contributed by atoms with E-state index < -0.39 is 24.5 Å². The molecule has 1 heterocycles. The van der Waals surface area contributed by atoms with Gasteiger partial charge in [-0.25, -0.2) is 4.39 Å². The third-order valence-corrected chi connectivity index (χ3v) is 3.02. The van der Waals surface area contributed by atoms with Crippen LogP contribution in [-0.2, 0) is 16.1 Å². The van der Waals surface area contributed by atoms with Gasteiger partial charge in [0.25, 0.3) is 0 Å². The lowest BCUT2D eigenvalue weighted by atomic mass is 10.1. The van der Waals surface area contributed by atoms with Gasteiger partial charge in [-0.1, -0.05) is 37.3 Å². The lowest BCUT2D eigenvalue weighted by Crippen LogP contribution is -2.25. The van der Waals surface area contributed by atoms with E-state index in [2.05, 4.69) is 0 Å². The molecular weight excluding hydrogens is 223 g/mol. The fourth-order valence-corrected chi connectivity index (χ4v) is 1.87. The Morgan fingerprint density at radius 3 is 2.65 bits per heavy atom. The van der Waals surface area contributed by atoms with Crippen LogP contribution in [0.4, 0.5) is 4.39 Å². The van der Waals surface area contributed by atoms with Gasteiger partial charge in [0.15, 0.2) is 6.29 Å². The van der Waals surface area contributed by atoms with E-state index in [0.29, 0.717) is 6.61 Å². The van der Waals surface area contributed by atoms with Crippen LogP contribution in [0.1, 0.15) is 12.5 Å². The van der Waals surface area contributed by atoms with Crippen molar-refractivity contribution in [3.63, 3.8) is 0 Å². The van der Waals surface area contributed by atoms with Crippen molar-refractivity contribution in [2.24, 2.45) is 5.92 Å². The number of ether oxygens (including phenoxy) is 2. The number of hydrogen-bond donors (Lipinski definition) is 1. The van der Waals surface area contributed by atoms with Gasteiger partial charge in [-0.3, -0.25) is 0 Å². The summed E-state index contributed by atoms with van der Waals surface area (Å²) in [7, 11) is 0. The predicted octanol–water partition coefficient (Wildman–Crippen LogP) is 1.89. The maximum atomic E-state index is 13.6. The normalized spacial score (nSPS) is 32.9. The van der Waals surface area contributed by atoms with Crippen LogP contribution in [0.2, 0.25) is 0 Å². The van der Waals surface area contributed by atoms with E-state index in [1.807, 2.05) is 30.3 Å². The summed E-state index contributed by atoms with van der Waals surface area (Å²) in [4.78, 5) is 0. The SMILES string of the molecule is CC1C(O)OC(COCc2ccccc2)C1F. The van der Waals surface area contributed by atoms with Crippen LogP contribution in [0.25, 0.3) is 0 Å². The van der Waals surface area contributed by atoms with Gasteiger partial charge in [0.05, 0.1) is 13.2 Å². The summed E-state index contributed by atoms with van der Waals surface area (Å²) in [6, 6.07) is 9.67. The molecule has 1 N–H and O–H groups in total. The molecular formula is C13H17FO3. The van der Waals surface area contributed by atoms with Gasteiger partial charge >= 0.3 is 0 Å². The van der Waals surface area contributed by atoms with Crippen molar-refractivity contribution < 1.29 is 19.0 Å². The molecule has 1 aromatic rings. The molecule has 1 aromatic carbocycles. The van der Waals surface area contributed by atoms with Gasteiger partial charge in [-0.15, -0.1) is 0 Å². The fraction of sp³-hybridized carbons (Fsp3) is 0.538. The van der Waals surface area contributed by atoms with E-state index in [4.69, 9.17) is 9.47 Å². The second-order valence-electron chi connectivity index (χ2n) is 4.37. The Morgan fingerprint density at radius 2 is 2.06 bits per heavy atom. The zero-order valence-corrected chi connectivity index (χ0v) is 9.75. The second-order valence-corrected chi connectivity index (χ2v) is 4.37. The first-order valence-electron chi connectivity index (χ1n) is 5.78. The molecule has 0 bridgehead atoms. The number of halogens is 1. The van der Waals surface area contributed by atoms with Crippen molar-refractivity contribution in [3.8, 4) is 0 Å². The highest BCUT2D eigenvalue weighted by atomic mass is 19.1. The zero-order valence-electron chi connectivity index (χ0n) is 9.75. The smallest absolute Gasteiger partial charge is 0.160 e. The van der Waals surface area contributed by atoms with E-state index in [0.717, 1.165) is 5.56 Å². The molecule has 3 nitrogen and oxygen atoms in total. The van der Waals surface area contributed by atoms with Crippen LogP contribution in [-0.4, -0.2) is 30.3 Å². The molecule has 1 saturated heterocycles. The van der Waals surface area contributed by atoms with E-state index >= 15 is 0 Å². The first kappa shape index (κ1) is 12.5. The molecule has 2 rings (SSSR count). The molecule has 0 amide bonds. The Labute approximate surface area is 100 Å². The quantitative estimate of drug-likeness (QED) is 0.873. The minimum atomic E-state index is -1.17. The molecule has 0 radical (unpaired) electrons. The maximum Gasteiger partial charge on any atom is 0.160 e. The molecule has 0 aromatic heterocycles. The van der Waals surface area contributed by atoms with Gasteiger partial charge in [-0.05, 0) is 5.56 Å². The van der Waals surface area contributed by atoms with Crippen LogP contribution >= 0.6 is 0 Å². The van der Waals surface area contributed by atoms with Gasteiger partial charge in [-0.2, -0.15) is 0 Å². The average Bonchev–Trinajstić information content (AvgIpc) is 2.59. The molecule has 0 spiro atoms. The Bertz CT molecular complexity index is 344. The summed E-state index contributed by atoms with van der Waals surface area (Å²) in [5.74, 6) is -0.486. The van der Waals surface area contributed by atoms with Crippen molar-refractivity contribution in [1.82, 2.24) is 0 Å². The highest BCUT2D eigenvalue weighted by Gasteiger charge is 2.41. The van der Waals surface area contributed by atoms with E-state index in [9.17, 15) is 9.50 Å². The molecule has 4 unspecified atom stereocenters. The zero-order chi connectivity index (χ0) is 12.3. The van der Waals surface area contributed by atoms with Crippen molar-refractivity contribution in [2.75, 3.05) is 6.61 Å². The lowest BCUT2D eigenvalue weighted by Gasteiger charge is -2.13. The van der Waals surface area contributed by atoms with Crippen LogP contribution in [0.15, 0.2) is 30.3 Å². The molecule has 17 heavy (non-hydrogen) atoms. The van der Waals surface area contributed by atoms with Crippen molar-refractivity contribution in [3.05, 3.63) is 35.9 Å². The Kier molecular flexibility index (Phi) is 4.10. The van der Waals surface area contributed by atoms with Crippen molar-refractivity contribution in [1.29, 1.82) is 0 Å². The third kappa shape index (κ3) is 3.03. The molecule has 1 aliphatic heterocycles. The second kappa shape index (κ2) is 5.58. The van der Waals surface area contributed by atoms with Gasteiger partial charge in [0, 0.05) is 5.92 Å². The number of aliphatic hydroxyl groups is 1. The number of aliphatic hydroxyl groups excluding tert-OH is 1. The lowest BCUT2D eigenvalue weighted by molar-refractivity contribution is -0.122. The summed E-state index contributed by atoms with van der Waals surface area (Å²) in [5.41, 5.74) is 1.04. The minimum absolute atomic E-state index is 0.164. The standard InChI is InChI=1S/C13H17FO3/c1-9-12(14)11(17-13(9)15)8-16-7-10-5-3-2-4-6-10/h2-6,9,11-13,15H,7-8H2,1H3. The van der Waals surface area contributed by atoms with E-state index in [-0.39, 0.29) is 6.61 Å². The topological polar surface area (TPSA) is 38.7 Å². The van der Waals surface area contributed by atoms with Gasteiger partial charge in [0.2, 0.25) is 0 Å². The molecule has 4 heteroatoms. The van der Waals surface area contributed by atoms with Crippen LogP contribution in [0.5, 0.6) is 0 Å². The summed E-state index contributed by atoms with van der Waals surface area (Å²) in [6.07, 6.45) is -2.85. The number of alkyl halides is 1. The number of hydrogen-bond acceptors (Lipinski definition) is 3. The van der Waals surface area contributed by atoms with Crippen LogP contribution in [0.3, 0.4) is 0 Å². The first-order valence-corrected chi connectivity index (χ1v) is 5.78. The number of benzene rings is 1. The molecule has 4 atom stereocenters. The van der Waals surface area contributed by atoms with E-state index in [1.54, 1.807) is 6.92 Å². The predicted molar refractivity (Wildman–Crippen MR) is 61.0 cm³/mol. The maximum absolute atomic E-state index is 13.6.